The van der Waals surface area contributed by atoms with E-state index in [1.807, 2.05) is 60.7 Å². The van der Waals surface area contributed by atoms with E-state index in [9.17, 15) is 9.59 Å². The molecule has 180 valence electrons. The number of aromatic amines is 1. The van der Waals surface area contributed by atoms with Crippen LogP contribution in [0.25, 0.3) is 10.2 Å². The fourth-order valence-corrected chi connectivity index (χ4v) is 5.12. The maximum atomic E-state index is 12.9. The van der Waals surface area contributed by atoms with E-state index in [4.69, 9.17) is 0 Å². The van der Waals surface area contributed by atoms with Crippen LogP contribution in [0.15, 0.2) is 60.7 Å². The van der Waals surface area contributed by atoms with Crippen molar-refractivity contribution in [1.82, 2.24) is 20.4 Å². The Morgan fingerprint density at radius 2 is 1.77 bits per heavy atom. The quantitative estimate of drug-likeness (QED) is 0.370. The first-order valence-electron chi connectivity index (χ1n) is 11.7. The lowest BCUT2D eigenvalue weighted by molar-refractivity contribution is -0.120. The summed E-state index contributed by atoms with van der Waals surface area (Å²) in [6.07, 6.45) is 0.273. The van der Waals surface area contributed by atoms with Gasteiger partial charge in [-0.2, -0.15) is 5.10 Å². The lowest BCUT2D eigenvalue weighted by Crippen LogP contribution is -2.44. The Morgan fingerprint density at radius 3 is 2.51 bits per heavy atom. The number of aromatic nitrogens is 2. The number of hydrogen-bond acceptors (Lipinski definition) is 6. The third-order valence-electron chi connectivity index (χ3n) is 6.21. The molecule has 0 radical (unpaired) electrons. The Balaban J connectivity index is 1.19. The minimum absolute atomic E-state index is 0.0484. The third-order valence-corrected chi connectivity index (χ3v) is 7.23. The lowest BCUT2D eigenvalue weighted by atomic mass is 10.1. The van der Waals surface area contributed by atoms with Crippen molar-refractivity contribution in [3.63, 3.8) is 0 Å². The summed E-state index contributed by atoms with van der Waals surface area (Å²) < 4.78 is 0. The highest BCUT2D eigenvalue weighted by molar-refractivity contribution is 7.18. The van der Waals surface area contributed by atoms with Gasteiger partial charge in [0.25, 0.3) is 5.91 Å². The molecule has 4 aromatic rings. The van der Waals surface area contributed by atoms with E-state index in [0.29, 0.717) is 17.9 Å². The molecule has 0 spiro atoms. The highest BCUT2D eigenvalue weighted by Gasteiger charge is 2.17. The highest BCUT2D eigenvalue weighted by atomic mass is 32.1. The smallest absolute Gasteiger partial charge is 0.256 e. The topological polar surface area (TPSA) is 93.4 Å². The van der Waals surface area contributed by atoms with Gasteiger partial charge in [0.05, 0.1) is 11.8 Å². The second-order valence-electron chi connectivity index (χ2n) is 8.76. The molecule has 1 fully saturated rings. The molecule has 0 aliphatic carbocycles. The third kappa shape index (κ3) is 5.52. The monoisotopic (exact) mass is 488 g/mol. The van der Waals surface area contributed by atoms with Gasteiger partial charge in [-0.3, -0.25) is 14.7 Å². The number of nitrogens with one attached hydrogen (secondary N) is 3. The number of rotatable bonds is 7. The molecule has 3 heterocycles. The van der Waals surface area contributed by atoms with Crippen LogP contribution in [0.3, 0.4) is 0 Å². The first-order valence-corrected chi connectivity index (χ1v) is 12.5. The molecule has 0 bridgehead atoms. The van der Waals surface area contributed by atoms with Crippen LogP contribution in [0.1, 0.15) is 20.8 Å². The van der Waals surface area contributed by atoms with Gasteiger partial charge in [-0.15, -0.1) is 11.3 Å². The largest absolute Gasteiger partial charge is 0.369 e. The average Bonchev–Trinajstić information content (AvgIpc) is 3.45. The minimum atomic E-state index is -0.200. The van der Waals surface area contributed by atoms with Gasteiger partial charge < -0.3 is 20.4 Å². The SMILES string of the molecule is CN1CCN(c2ccc(C(=O)Nc3[nH]nc4sc(CC(=O)NCc5ccccc5)cc34)cc2)CC1. The van der Waals surface area contributed by atoms with Crippen LogP contribution >= 0.6 is 11.3 Å². The highest BCUT2D eigenvalue weighted by Crippen LogP contribution is 2.30. The maximum Gasteiger partial charge on any atom is 0.256 e. The van der Waals surface area contributed by atoms with Crippen LogP contribution in [0, 0.1) is 0 Å². The van der Waals surface area contributed by atoms with E-state index < -0.39 is 0 Å². The normalized spacial score (nSPS) is 14.3. The van der Waals surface area contributed by atoms with Crippen molar-refractivity contribution < 1.29 is 9.59 Å². The van der Waals surface area contributed by atoms with Crippen LogP contribution in [0.5, 0.6) is 0 Å². The number of hydrogen-bond donors (Lipinski definition) is 3. The van der Waals surface area contributed by atoms with Gasteiger partial charge in [0.1, 0.15) is 10.6 Å². The predicted molar refractivity (Wildman–Crippen MR) is 140 cm³/mol. The van der Waals surface area contributed by atoms with Crippen LogP contribution in [-0.4, -0.2) is 60.1 Å². The van der Waals surface area contributed by atoms with E-state index in [0.717, 1.165) is 52.5 Å². The second-order valence-corrected chi connectivity index (χ2v) is 9.88. The number of nitrogens with zero attached hydrogens (tertiary/aromatic N) is 3. The molecule has 9 heteroatoms. The number of fused-ring (bicyclic) bond motifs is 1. The zero-order valence-corrected chi connectivity index (χ0v) is 20.4. The molecule has 1 saturated heterocycles. The van der Waals surface area contributed by atoms with Gasteiger partial charge in [-0.1, -0.05) is 30.3 Å². The van der Waals surface area contributed by atoms with Crippen molar-refractivity contribution in [3.05, 3.63) is 76.7 Å². The fourth-order valence-electron chi connectivity index (χ4n) is 4.13. The predicted octanol–water partition coefficient (Wildman–Crippen LogP) is 3.49. The summed E-state index contributed by atoms with van der Waals surface area (Å²) in [5.74, 6) is 0.293. The fraction of sp³-hybridized carbons (Fsp3) is 0.269. The molecule has 5 rings (SSSR count). The van der Waals surface area contributed by atoms with Gasteiger partial charge in [0.2, 0.25) is 5.91 Å². The first-order chi connectivity index (χ1) is 17.0. The van der Waals surface area contributed by atoms with E-state index in [1.54, 1.807) is 0 Å². The first kappa shape index (κ1) is 23.1. The summed E-state index contributed by atoms with van der Waals surface area (Å²) in [6.45, 7) is 4.54. The molecule has 2 amide bonds. The number of piperazine rings is 1. The maximum absolute atomic E-state index is 12.9. The number of amides is 2. The van der Waals surface area contributed by atoms with Gasteiger partial charge in [0.15, 0.2) is 0 Å². The van der Waals surface area contributed by atoms with Crippen LogP contribution in [0.4, 0.5) is 11.5 Å². The molecule has 8 nitrogen and oxygen atoms in total. The zero-order chi connectivity index (χ0) is 24.2. The van der Waals surface area contributed by atoms with Gasteiger partial charge in [-0.05, 0) is 42.9 Å². The molecular formula is C26H28N6O2S. The summed E-state index contributed by atoms with van der Waals surface area (Å²) in [5.41, 5.74) is 2.77. The number of benzene rings is 2. The molecule has 2 aromatic heterocycles. The van der Waals surface area contributed by atoms with E-state index in [-0.39, 0.29) is 18.2 Å². The van der Waals surface area contributed by atoms with Gasteiger partial charge >= 0.3 is 0 Å². The average molecular weight is 489 g/mol. The van der Waals surface area contributed by atoms with Crippen LogP contribution in [-0.2, 0) is 17.8 Å². The molecule has 1 aliphatic heterocycles. The van der Waals surface area contributed by atoms with Crippen molar-refractivity contribution in [3.8, 4) is 0 Å². The Bertz CT molecular complexity index is 1310. The second kappa shape index (κ2) is 10.3. The molecular weight excluding hydrogens is 460 g/mol. The summed E-state index contributed by atoms with van der Waals surface area (Å²) in [7, 11) is 2.13. The van der Waals surface area contributed by atoms with Crippen molar-refractivity contribution in [2.75, 3.05) is 43.4 Å². The Hall–Kier alpha value is -3.69. The van der Waals surface area contributed by atoms with Gasteiger partial charge in [0, 0.05) is 48.9 Å². The minimum Gasteiger partial charge on any atom is -0.369 e. The van der Waals surface area contributed by atoms with E-state index >= 15 is 0 Å². The van der Waals surface area contributed by atoms with Crippen molar-refractivity contribution >= 4 is 44.9 Å². The van der Waals surface area contributed by atoms with E-state index in [2.05, 4.69) is 37.7 Å². The number of likely N-dealkylation sites (N-methyl/N-ethyl adjacent to an activating group) is 1. The Kier molecular flexibility index (Phi) is 6.78. The van der Waals surface area contributed by atoms with Crippen molar-refractivity contribution in [1.29, 1.82) is 0 Å². The number of thiophene rings is 1. The summed E-state index contributed by atoms with van der Waals surface area (Å²) in [6, 6.07) is 19.4. The Labute approximate surface area is 207 Å². The number of anilines is 2. The standard InChI is InChI=1S/C26H28N6O2S/c1-31-11-13-32(14-12-31)20-9-7-19(8-10-20)25(34)28-24-22-15-21(35-26(22)30-29-24)16-23(33)27-17-18-5-3-2-4-6-18/h2-10,15H,11-14,16-17H2,1H3,(H,27,33)(H2,28,29,30,34). The lowest BCUT2D eigenvalue weighted by Gasteiger charge is -2.34. The van der Waals surface area contributed by atoms with Crippen molar-refractivity contribution in [2.45, 2.75) is 13.0 Å². The Morgan fingerprint density at radius 1 is 1.03 bits per heavy atom. The molecule has 0 atom stereocenters. The molecule has 1 aliphatic rings. The molecule has 2 aromatic carbocycles. The zero-order valence-electron chi connectivity index (χ0n) is 19.6. The van der Waals surface area contributed by atoms with Gasteiger partial charge in [-0.25, -0.2) is 0 Å². The summed E-state index contributed by atoms with van der Waals surface area (Å²) in [4.78, 5) is 31.5. The number of H-pyrrole nitrogens is 1. The van der Waals surface area contributed by atoms with E-state index in [1.165, 1.54) is 11.3 Å². The molecule has 35 heavy (non-hydrogen) atoms. The summed E-state index contributed by atoms with van der Waals surface area (Å²) >= 11 is 1.45. The molecule has 0 unspecified atom stereocenters. The molecule has 3 N–H and O–H groups in total. The molecule has 0 saturated carbocycles. The van der Waals surface area contributed by atoms with Crippen LogP contribution in [0.2, 0.25) is 0 Å². The number of carbonyl (C=O) groups is 2. The van der Waals surface area contributed by atoms with Crippen LogP contribution < -0.4 is 15.5 Å². The van der Waals surface area contributed by atoms with Crippen molar-refractivity contribution in [2.24, 2.45) is 0 Å². The number of carbonyl (C=O) groups excluding carboxylic acids is 2. The summed E-state index contributed by atoms with van der Waals surface area (Å²) in [5, 5.41) is 13.9.